The standard InChI is InChI=1S/C16H28N2O/c1-4-8-17-10-16-15(7-9-19-16)12-18(13(2)3)11-14-5-6-14/h7,9,13-14,17H,4-6,8,10-12H2,1-3H3. The lowest BCUT2D eigenvalue weighted by Crippen LogP contribution is -2.32. The highest BCUT2D eigenvalue weighted by atomic mass is 16.3. The lowest BCUT2D eigenvalue weighted by molar-refractivity contribution is 0.202. The molecule has 1 aromatic heterocycles. The molecule has 0 unspecified atom stereocenters. The Morgan fingerprint density at radius 3 is 2.84 bits per heavy atom. The minimum Gasteiger partial charge on any atom is -0.468 e. The summed E-state index contributed by atoms with van der Waals surface area (Å²) in [6, 6.07) is 2.73. The Balaban J connectivity index is 1.90. The van der Waals surface area contributed by atoms with Gasteiger partial charge in [0.1, 0.15) is 5.76 Å². The molecule has 1 N–H and O–H groups in total. The molecule has 3 heteroatoms. The average Bonchev–Trinajstić information content (AvgIpc) is 3.09. The molecule has 0 saturated heterocycles. The first-order chi connectivity index (χ1) is 9.20. The predicted molar refractivity (Wildman–Crippen MR) is 79.0 cm³/mol. The van der Waals surface area contributed by atoms with Crippen LogP contribution in [0, 0.1) is 5.92 Å². The van der Waals surface area contributed by atoms with Gasteiger partial charge in [-0.2, -0.15) is 0 Å². The highest BCUT2D eigenvalue weighted by Gasteiger charge is 2.26. The molecule has 0 bridgehead atoms. The smallest absolute Gasteiger partial charge is 0.122 e. The van der Waals surface area contributed by atoms with Crippen LogP contribution in [0.25, 0.3) is 0 Å². The van der Waals surface area contributed by atoms with Crippen molar-refractivity contribution in [3.63, 3.8) is 0 Å². The highest BCUT2D eigenvalue weighted by molar-refractivity contribution is 5.17. The maximum Gasteiger partial charge on any atom is 0.122 e. The molecule has 1 heterocycles. The van der Waals surface area contributed by atoms with Gasteiger partial charge >= 0.3 is 0 Å². The van der Waals surface area contributed by atoms with Crippen LogP contribution in [0.4, 0.5) is 0 Å². The first-order valence-corrected chi connectivity index (χ1v) is 7.70. The fourth-order valence-electron chi connectivity index (χ4n) is 2.35. The molecule has 2 rings (SSSR count). The van der Waals surface area contributed by atoms with E-state index in [2.05, 4.69) is 37.1 Å². The molecular weight excluding hydrogens is 236 g/mol. The average molecular weight is 264 g/mol. The van der Waals surface area contributed by atoms with E-state index in [1.54, 1.807) is 0 Å². The third-order valence-corrected chi connectivity index (χ3v) is 3.84. The second-order valence-electron chi connectivity index (χ2n) is 6.01. The summed E-state index contributed by atoms with van der Waals surface area (Å²) in [5.74, 6) is 2.05. The van der Waals surface area contributed by atoms with Crippen molar-refractivity contribution in [1.82, 2.24) is 10.2 Å². The summed E-state index contributed by atoms with van der Waals surface area (Å²) in [6.07, 6.45) is 5.82. The second kappa shape index (κ2) is 7.11. The van der Waals surface area contributed by atoms with E-state index >= 15 is 0 Å². The van der Waals surface area contributed by atoms with Crippen LogP contribution in [0.1, 0.15) is 51.4 Å². The van der Waals surface area contributed by atoms with E-state index in [1.807, 2.05) is 6.26 Å². The van der Waals surface area contributed by atoms with Crippen LogP contribution in [0.2, 0.25) is 0 Å². The summed E-state index contributed by atoms with van der Waals surface area (Å²) >= 11 is 0. The zero-order valence-electron chi connectivity index (χ0n) is 12.6. The molecule has 1 fully saturated rings. The Morgan fingerprint density at radius 2 is 2.21 bits per heavy atom. The molecule has 0 aromatic carbocycles. The Kier molecular flexibility index (Phi) is 5.46. The molecule has 0 radical (unpaired) electrons. The van der Waals surface area contributed by atoms with Crippen molar-refractivity contribution in [3.8, 4) is 0 Å². The van der Waals surface area contributed by atoms with Crippen LogP contribution in [-0.2, 0) is 13.1 Å². The quantitative estimate of drug-likeness (QED) is 0.693. The summed E-state index contributed by atoms with van der Waals surface area (Å²) in [4.78, 5) is 2.58. The number of furan rings is 1. The van der Waals surface area contributed by atoms with Crippen molar-refractivity contribution < 1.29 is 4.42 Å². The van der Waals surface area contributed by atoms with Crippen LogP contribution < -0.4 is 5.32 Å². The van der Waals surface area contributed by atoms with Gasteiger partial charge in [0.25, 0.3) is 0 Å². The highest BCUT2D eigenvalue weighted by Crippen LogP contribution is 2.31. The lowest BCUT2D eigenvalue weighted by Gasteiger charge is -2.26. The van der Waals surface area contributed by atoms with Crippen molar-refractivity contribution in [2.24, 2.45) is 5.92 Å². The van der Waals surface area contributed by atoms with Crippen molar-refractivity contribution >= 4 is 0 Å². The second-order valence-corrected chi connectivity index (χ2v) is 6.01. The molecule has 1 aliphatic carbocycles. The molecule has 0 atom stereocenters. The Labute approximate surface area is 117 Å². The van der Waals surface area contributed by atoms with Gasteiger partial charge in [0.15, 0.2) is 0 Å². The van der Waals surface area contributed by atoms with Gasteiger partial charge in [-0.1, -0.05) is 6.92 Å². The van der Waals surface area contributed by atoms with Gasteiger partial charge in [-0.05, 0) is 51.6 Å². The lowest BCUT2D eigenvalue weighted by atomic mass is 10.2. The van der Waals surface area contributed by atoms with Crippen molar-refractivity contribution in [1.29, 1.82) is 0 Å². The topological polar surface area (TPSA) is 28.4 Å². The Hall–Kier alpha value is -0.800. The van der Waals surface area contributed by atoms with E-state index in [-0.39, 0.29) is 0 Å². The SMILES string of the molecule is CCCNCc1occc1CN(CC1CC1)C(C)C. The molecule has 0 spiro atoms. The van der Waals surface area contributed by atoms with Crippen molar-refractivity contribution in [2.45, 2.75) is 59.2 Å². The third-order valence-electron chi connectivity index (χ3n) is 3.84. The van der Waals surface area contributed by atoms with E-state index in [4.69, 9.17) is 4.42 Å². The summed E-state index contributed by atoms with van der Waals surface area (Å²) in [7, 11) is 0. The fourth-order valence-corrected chi connectivity index (χ4v) is 2.35. The zero-order valence-corrected chi connectivity index (χ0v) is 12.6. The summed E-state index contributed by atoms with van der Waals surface area (Å²) in [5, 5.41) is 3.42. The van der Waals surface area contributed by atoms with Crippen LogP contribution in [-0.4, -0.2) is 24.0 Å². The maximum absolute atomic E-state index is 5.62. The van der Waals surface area contributed by atoms with Crippen LogP contribution >= 0.6 is 0 Å². The molecule has 0 aliphatic heterocycles. The molecule has 19 heavy (non-hydrogen) atoms. The molecule has 1 aromatic rings. The van der Waals surface area contributed by atoms with Gasteiger partial charge in [-0.3, -0.25) is 4.90 Å². The van der Waals surface area contributed by atoms with Gasteiger partial charge in [-0.25, -0.2) is 0 Å². The van der Waals surface area contributed by atoms with Crippen LogP contribution in [0.3, 0.4) is 0 Å². The van der Waals surface area contributed by atoms with Crippen LogP contribution in [0.15, 0.2) is 16.7 Å². The summed E-state index contributed by atoms with van der Waals surface area (Å²) in [6.45, 7) is 10.9. The number of hydrogen-bond acceptors (Lipinski definition) is 3. The number of nitrogens with one attached hydrogen (secondary N) is 1. The molecule has 1 saturated carbocycles. The monoisotopic (exact) mass is 264 g/mol. The molecular formula is C16H28N2O. The van der Waals surface area contributed by atoms with Gasteiger partial charge in [-0.15, -0.1) is 0 Å². The first-order valence-electron chi connectivity index (χ1n) is 7.70. The number of rotatable bonds is 9. The van der Waals surface area contributed by atoms with E-state index in [9.17, 15) is 0 Å². The van der Waals surface area contributed by atoms with Crippen molar-refractivity contribution in [3.05, 3.63) is 23.7 Å². The van der Waals surface area contributed by atoms with Gasteiger partial charge in [0, 0.05) is 24.7 Å². The third kappa shape index (κ3) is 4.66. The summed E-state index contributed by atoms with van der Waals surface area (Å²) in [5.41, 5.74) is 1.35. The van der Waals surface area contributed by atoms with Crippen LogP contribution in [0.5, 0.6) is 0 Å². The van der Waals surface area contributed by atoms with E-state index in [0.717, 1.165) is 37.7 Å². The zero-order chi connectivity index (χ0) is 13.7. The maximum atomic E-state index is 5.62. The Bertz CT molecular complexity index is 369. The molecule has 3 nitrogen and oxygen atoms in total. The van der Waals surface area contributed by atoms with E-state index in [1.165, 1.54) is 24.9 Å². The molecule has 0 amide bonds. The van der Waals surface area contributed by atoms with E-state index < -0.39 is 0 Å². The number of nitrogens with zero attached hydrogens (tertiary/aromatic N) is 1. The normalized spacial score (nSPS) is 15.6. The molecule has 1 aliphatic rings. The largest absolute Gasteiger partial charge is 0.468 e. The Morgan fingerprint density at radius 1 is 1.42 bits per heavy atom. The molecule has 108 valence electrons. The van der Waals surface area contributed by atoms with Gasteiger partial charge in [0.05, 0.1) is 12.8 Å². The minimum atomic E-state index is 0.604. The van der Waals surface area contributed by atoms with Crippen molar-refractivity contribution in [2.75, 3.05) is 13.1 Å². The number of hydrogen-bond donors (Lipinski definition) is 1. The first kappa shape index (κ1) is 14.6. The fraction of sp³-hybridized carbons (Fsp3) is 0.750. The van der Waals surface area contributed by atoms with Gasteiger partial charge < -0.3 is 9.73 Å². The predicted octanol–water partition coefficient (Wildman–Crippen LogP) is 3.40. The minimum absolute atomic E-state index is 0.604. The summed E-state index contributed by atoms with van der Waals surface area (Å²) < 4.78 is 5.62. The van der Waals surface area contributed by atoms with Gasteiger partial charge in [0.2, 0.25) is 0 Å². The van der Waals surface area contributed by atoms with E-state index in [0.29, 0.717) is 6.04 Å².